The number of aliphatic hydroxyl groups is 1. The molecule has 0 radical (unpaired) electrons. The van der Waals surface area contributed by atoms with E-state index in [4.69, 9.17) is 4.42 Å². The van der Waals surface area contributed by atoms with Crippen LogP contribution in [0, 0.1) is 5.92 Å². The second kappa shape index (κ2) is 5.12. The molecule has 0 aromatic carbocycles. The first kappa shape index (κ1) is 13.1. The molecule has 1 saturated heterocycles. The number of esters is 1. The Morgan fingerprint density at radius 1 is 1.67 bits per heavy atom. The average molecular weight is 253 g/mol. The lowest BCUT2D eigenvalue weighted by Gasteiger charge is -2.38. The highest BCUT2D eigenvalue weighted by Crippen LogP contribution is 2.37. The fourth-order valence-corrected chi connectivity index (χ4v) is 2.52. The predicted octanol–water partition coefficient (Wildman–Crippen LogP) is 1.27. The molecular formula is C13H19NO4. The normalized spacial score (nSPS) is 28.1. The Bertz CT molecular complexity index is 428. The fourth-order valence-electron chi connectivity index (χ4n) is 2.52. The third-order valence-electron chi connectivity index (χ3n) is 3.66. The van der Waals surface area contributed by atoms with Crippen molar-refractivity contribution in [2.75, 3.05) is 20.2 Å². The fraction of sp³-hybridized carbons (Fsp3) is 0.615. The standard InChI is InChI=1S/C13H19NO4/c1-3-9-8-14-7-6-13(9,16)11-5-4-10(18-11)12(15)17-2/h4-5,9,14,16H,3,6-8H2,1-2H3. The van der Waals surface area contributed by atoms with Crippen molar-refractivity contribution in [3.05, 3.63) is 23.7 Å². The lowest BCUT2D eigenvalue weighted by Crippen LogP contribution is -2.47. The van der Waals surface area contributed by atoms with Crippen molar-refractivity contribution in [3.8, 4) is 0 Å². The first-order valence-corrected chi connectivity index (χ1v) is 6.23. The van der Waals surface area contributed by atoms with Gasteiger partial charge in [0.15, 0.2) is 0 Å². The zero-order valence-corrected chi connectivity index (χ0v) is 10.7. The van der Waals surface area contributed by atoms with Crippen molar-refractivity contribution < 1.29 is 19.1 Å². The number of nitrogens with one attached hydrogen (secondary N) is 1. The molecule has 5 heteroatoms. The van der Waals surface area contributed by atoms with Crippen LogP contribution in [-0.4, -0.2) is 31.3 Å². The van der Waals surface area contributed by atoms with Gasteiger partial charge in [-0.05, 0) is 31.5 Å². The number of ether oxygens (including phenoxy) is 1. The molecule has 1 fully saturated rings. The highest BCUT2D eigenvalue weighted by atomic mass is 16.5. The summed E-state index contributed by atoms with van der Waals surface area (Å²) < 4.78 is 10.1. The number of methoxy groups -OCH3 is 1. The molecule has 2 unspecified atom stereocenters. The summed E-state index contributed by atoms with van der Waals surface area (Å²) in [5, 5.41) is 14.0. The highest BCUT2D eigenvalue weighted by Gasteiger charge is 2.42. The van der Waals surface area contributed by atoms with Gasteiger partial charge in [-0.2, -0.15) is 0 Å². The minimum Gasteiger partial charge on any atom is -0.463 e. The maximum atomic E-state index is 11.4. The van der Waals surface area contributed by atoms with Crippen LogP contribution in [-0.2, 0) is 10.3 Å². The lowest BCUT2D eigenvalue weighted by molar-refractivity contribution is -0.0649. The lowest BCUT2D eigenvalue weighted by atomic mass is 9.78. The summed E-state index contributed by atoms with van der Waals surface area (Å²) in [7, 11) is 1.30. The molecular weight excluding hydrogens is 234 g/mol. The third-order valence-corrected chi connectivity index (χ3v) is 3.66. The van der Waals surface area contributed by atoms with E-state index in [1.165, 1.54) is 7.11 Å². The van der Waals surface area contributed by atoms with Gasteiger partial charge in [0, 0.05) is 12.5 Å². The predicted molar refractivity (Wildman–Crippen MR) is 65.2 cm³/mol. The number of furan rings is 1. The molecule has 0 saturated carbocycles. The van der Waals surface area contributed by atoms with Gasteiger partial charge < -0.3 is 19.6 Å². The number of carbonyl (C=O) groups is 1. The largest absolute Gasteiger partial charge is 0.463 e. The van der Waals surface area contributed by atoms with Crippen LogP contribution >= 0.6 is 0 Å². The van der Waals surface area contributed by atoms with Crippen LogP contribution in [0.5, 0.6) is 0 Å². The molecule has 2 atom stereocenters. The molecule has 18 heavy (non-hydrogen) atoms. The summed E-state index contributed by atoms with van der Waals surface area (Å²) in [6.07, 6.45) is 1.43. The van der Waals surface area contributed by atoms with Crippen LogP contribution < -0.4 is 5.32 Å². The minimum absolute atomic E-state index is 0.0860. The van der Waals surface area contributed by atoms with Crippen LogP contribution in [0.15, 0.2) is 16.5 Å². The van der Waals surface area contributed by atoms with Crippen LogP contribution in [0.2, 0.25) is 0 Å². The maximum Gasteiger partial charge on any atom is 0.373 e. The number of carbonyl (C=O) groups excluding carboxylic acids is 1. The van der Waals surface area contributed by atoms with E-state index in [1.54, 1.807) is 12.1 Å². The van der Waals surface area contributed by atoms with E-state index in [1.807, 2.05) is 6.92 Å². The third kappa shape index (κ3) is 2.15. The Balaban J connectivity index is 2.28. The number of piperidine rings is 1. The monoisotopic (exact) mass is 253 g/mol. The highest BCUT2D eigenvalue weighted by molar-refractivity contribution is 5.86. The van der Waals surface area contributed by atoms with Gasteiger partial charge in [0.2, 0.25) is 5.76 Å². The maximum absolute atomic E-state index is 11.4. The number of rotatable bonds is 3. The molecule has 2 heterocycles. The molecule has 0 spiro atoms. The van der Waals surface area contributed by atoms with Gasteiger partial charge in [0.25, 0.3) is 0 Å². The van der Waals surface area contributed by atoms with Crippen LogP contribution in [0.1, 0.15) is 36.1 Å². The first-order chi connectivity index (χ1) is 8.61. The Morgan fingerprint density at radius 3 is 3.11 bits per heavy atom. The van der Waals surface area contributed by atoms with E-state index in [0.29, 0.717) is 12.2 Å². The second-order valence-electron chi connectivity index (χ2n) is 4.64. The first-order valence-electron chi connectivity index (χ1n) is 6.23. The number of hydrogen-bond donors (Lipinski definition) is 2. The molecule has 1 aliphatic rings. The molecule has 2 rings (SSSR count). The van der Waals surface area contributed by atoms with E-state index in [9.17, 15) is 9.90 Å². The van der Waals surface area contributed by atoms with Gasteiger partial charge in [-0.3, -0.25) is 0 Å². The van der Waals surface area contributed by atoms with Gasteiger partial charge in [-0.15, -0.1) is 0 Å². The van der Waals surface area contributed by atoms with E-state index < -0.39 is 11.6 Å². The van der Waals surface area contributed by atoms with Gasteiger partial charge in [-0.25, -0.2) is 4.79 Å². The Morgan fingerprint density at radius 2 is 2.44 bits per heavy atom. The molecule has 1 aliphatic heterocycles. The molecule has 1 aromatic heterocycles. The molecule has 0 bridgehead atoms. The van der Waals surface area contributed by atoms with E-state index >= 15 is 0 Å². The van der Waals surface area contributed by atoms with Crippen LogP contribution in [0.4, 0.5) is 0 Å². The molecule has 100 valence electrons. The molecule has 2 N–H and O–H groups in total. The minimum atomic E-state index is -0.994. The molecule has 0 aliphatic carbocycles. The summed E-state index contributed by atoms with van der Waals surface area (Å²) >= 11 is 0. The Labute approximate surface area is 106 Å². The van der Waals surface area contributed by atoms with Crippen molar-refractivity contribution in [1.29, 1.82) is 0 Å². The molecule has 0 amide bonds. The summed E-state index contributed by atoms with van der Waals surface area (Å²) in [5.41, 5.74) is -0.994. The summed E-state index contributed by atoms with van der Waals surface area (Å²) in [4.78, 5) is 11.4. The average Bonchev–Trinajstić information content (AvgIpc) is 2.88. The summed E-state index contributed by atoms with van der Waals surface area (Å²) in [5.74, 6) is 0.153. The van der Waals surface area contributed by atoms with Crippen LogP contribution in [0.25, 0.3) is 0 Å². The van der Waals surface area contributed by atoms with Crippen molar-refractivity contribution in [2.45, 2.75) is 25.4 Å². The Hall–Kier alpha value is -1.33. The second-order valence-corrected chi connectivity index (χ2v) is 4.64. The topological polar surface area (TPSA) is 71.7 Å². The van der Waals surface area contributed by atoms with Crippen molar-refractivity contribution in [2.24, 2.45) is 5.92 Å². The molecule has 1 aromatic rings. The van der Waals surface area contributed by atoms with Crippen LogP contribution in [0.3, 0.4) is 0 Å². The Kier molecular flexibility index (Phi) is 3.73. The number of hydrogen-bond acceptors (Lipinski definition) is 5. The van der Waals surface area contributed by atoms with Gasteiger partial charge in [0.05, 0.1) is 7.11 Å². The van der Waals surface area contributed by atoms with E-state index in [-0.39, 0.29) is 11.7 Å². The SMILES string of the molecule is CCC1CNCCC1(O)c1ccc(C(=O)OC)o1. The van der Waals surface area contributed by atoms with Crippen molar-refractivity contribution in [3.63, 3.8) is 0 Å². The zero-order chi connectivity index (χ0) is 13.2. The van der Waals surface area contributed by atoms with E-state index in [0.717, 1.165) is 19.5 Å². The summed E-state index contributed by atoms with van der Waals surface area (Å²) in [6.45, 7) is 3.52. The van der Waals surface area contributed by atoms with Crippen molar-refractivity contribution in [1.82, 2.24) is 5.32 Å². The summed E-state index contributed by atoms with van der Waals surface area (Å²) in [6, 6.07) is 3.22. The van der Waals surface area contributed by atoms with E-state index in [2.05, 4.69) is 10.1 Å². The van der Waals surface area contributed by atoms with Gasteiger partial charge in [-0.1, -0.05) is 6.92 Å². The zero-order valence-electron chi connectivity index (χ0n) is 10.7. The van der Waals surface area contributed by atoms with Gasteiger partial charge >= 0.3 is 5.97 Å². The smallest absolute Gasteiger partial charge is 0.373 e. The van der Waals surface area contributed by atoms with Gasteiger partial charge in [0.1, 0.15) is 11.4 Å². The van der Waals surface area contributed by atoms with Crippen molar-refractivity contribution >= 4 is 5.97 Å². The quantitative estimate of drug-likeness (QED) is 0.794. The molecule has 5 nitrogen and oxygen atoms in total.